The van der Waals surface area contributed by atoms with Crippen molar-refractivity contribution in [1.29, 1.82) is 5.41 Å². The molecule has 0 bridgehead atoms. The van der Waals surface area contributed by atoms with Crippen molar-refractivity contribution in [3.63, 3.8) is 0 Å². The average Bonchev–Trinajstić information content (AvgIpc) is 2.53. The number of nitrogen functional groups attached to an aromatic ring is 1. The first-order chi connectivity index (χ1) is 11.6. The van der Waals surface area contributed by atoms with Crippen LogP contribution in [0.15, 0.2) is 48.5 Å². The number of nitrogens with two attached hydrogens (primary N) is 1. The molecule has 1 atom stereocenters. The molecule has 1 aliphatic carbocycles. The van der Waals surface area contributed by atoms with Gasteiger partial charge >= 0.3 is 0 Å². The molecule has 24 heavy (non-hydrogen) atoms. The van der Waals surface area contributed by atoms with Gasteiger partial charge in [0.2, 0.25) is 0 Å². The summed E-state index contributed by atoms with van der Waals surface area (Å²) in [7, 11) is 0. The second-order valence-corrected chi connectivity index (χ2v) is 7.25. The summed E-state index contributed by atoms with van der Waals surface area (Å²) < 4.78 is 0.332. The summed E-state index contributed by atoms with van der Waals surface area (Å²) in [6, 6.07) is 15.3. The Kier molecular flexibility index (Phi) is 5.18. The van der Waals surface area contributed by atoms with Crippen LogP contribution in [0.2, 0.25) is 0 Å². The number of carbonyl (C=O) groups excluding carboxylic acids is 1. The molecule has 3 rings (SSSR count). The van der Waals surface area contributed by atoms with Crippen LogP contribution in [-0.4, -0.2) is 9.63 Å². The normalized spacial score (nSPS) is 15.4. The summed E-state index contributed by atoms with van der Waals surface area (Å²) in [5.74, 6) is 0.377. The number of nitrogens with one attached hydrogen (secondary N) is 2. The molecule has 1 fully saturated rings. The summed E-state index contributed by atoms with van der Waals surface area (Å²) in [5.41, 5.74) is 8.69. The Morgan fingerprint density at radius 1 is 1.21 bits per heavy atom. The largest absolute Gasteiger partial charge is 0.398 e. The Bertz CT molecular complexity index is 756. The van der Waals surface area contributed by atoms with Gasteiger partial charge in [0.1, 0.15) is 3.72 Å². The maximum absolute atomic E-state index is 12.7. The van der Waals surface area contributed by atoms with E-state index in [-0.39, 0.29) is 11.9 Å². The van der Waals surface area contributed by atoms with Gasteiger partial charge in [-0.15, -0.1) is 0 Å². The Morgan fingerprint density at radius 2 is 1.92 bits per heavy atom. The molecule has 0 spiro atoms. The molecule has 0 saturated heterocycles. The minimum atomic E-state index is -0.116. The quantitative estimate of drug-likeness (QED) is 0.374. The molecule has 0 aromatic heterocycles. The fourth-order valence-corrected chi connectivity index (χ4v) is 3.49. The van der Waals surface area contributed by atoms with Gasteiger partial charge in [-0.25, -0.2) is 0 Å². The third-order valence-corrected chi connectivity index (χ3v) is 5.20. The Hall–Kier alpha value is -1.89. The third-order valence-electron chi connectivity index (χ3n) is 4.62. The highest BCUT2D eigenvalue weighted by molar-refractivity contribution is 14.1. The van der Waals surface area contributed by atoms with Crippen LogP contribution in [0.5, 0.6) is 0 Å². The minimum Gasteiger partial charge on any atom is -0.398 e. The van der Waals surface area contributed by atoms with Gasteiger partial charge in [0.25, 0.3) is 5.91 Å². The lowest BCUT2D eigenvalue weighted by molar-refractivity contribution is 0.0900. The molecule has 0 radical (unpaired) electrons. The number of anilines is 1. The molecule has 1 unspecified atom stereocenters. The van der Waals surface area contributed by atoms with Crippen molar-refractivity contribution in [1.82, 2.24) is 5.32 Å². The lowest BCUT2D eigenvalue weighted by Crippen LogP contribution is -2.36. The summed E-state index contributed by atoms with van der Waals surface area (Å²) in [6.45, 7) is 0. The molecule has 1 saturated carbocycles. The highest BCUT2D eigenvalue weighted by atomic mass is 127. The van der Waals surface area contributed by atoms with E-state index in [1.807, 2.05) is 40.8 Å². The Balaban J connectivity index is 1.84. The van der Waals surface area contributed by atoms with Crippen molar-refractivity contribution >= 4 is 37.9 Å². The number of benzene rings is 2. The second-order valence-electron chi connectivity index (χ2n) is 6.17. The zero-order chi connectivity index (χ0) is 17.1. The molecule has 1 aliphatic rings. The van der Waals surface area contributed by atoms with Crippen LogP contribution in [0.25, 0.3) is 0 Å². The molecule has 4 nitrogen and oxygen atoms in total. The van der Waals surface area contributed by atoms with Crippen molar-refractivity contribution in [2.75, 3.05) is 5.73 Å². The van der Waals surface area contributed by atoms with Crippen molar-refractivity contribution in [3.05, 3.63) is 65.2 Å². The smallest absolute Gasteiger partial charge is 0.251 e. The summed E-state index contributed by atoms with van der Waals surface area (Å²) in [6.07, 6.45) is 3.51. The van der Waals surface area contributed by atoms with Crippen LogP contribution in [0.3, 0.4) is 0 Å². The lowest BCUT2D eigenvalue weighted by atomic mass is 9.77. The molecule has 1 amide bonds. The van der Waals surface area contributed by atoms with Crippen LogP contribution in [0, 0.1) is 11.3 Å². The van der Waals surface area contributed by atoms with E-state index >= 15 is 0 Å². The van der Waals surface area contributed by atoms with Gasteiger partial charge in [-0.2, -0.15) is 0 Å². The van der Waals surface area contributed by atoms with E-state index in [9.17, 15) is 4.79 Å². The maximum atomic E-state index is 12.7. The molecule has 2 aromatic carbocycles. The van der Waals surface area contributed by atoms with E-state index in [4.69, 9.17) is 11.1 Å². The van der Waals surface area contributed by atoms with Crippen LogP contribution in [0.1, 0.15) is 46.8 Å². The van der Waals surface area contributed by atoms with Gasteiger partial charge in [-0.3, -0.25) is 10.2 Å². The van der Waals surface area contributed by atoms with E-state index in [2.05, 4.69) is 17.4 Å². The van der Waals surface area contributed by atoms with Crippen LogP contribution in [-0.2, 0) is 0 Å². The average molecular weight is 433 g/mol. The van der Waals surface area contributed by atoms with Crippen molar-refractivity contribution in [3.8, 4) is 0 Å². The molecular weight excluding hydrogens is 413 g/mol. The van der Waals surface area contributed by atoms with Gasteiger partial charge in [0.15, 0.2) is 0 Å². The Morgan fingerprint density at radius 3 is 2.50 bits per heavy atom. The molecule has 2 aromatic rings. The maximum Gasteiger partial charge on any atom is 0.251 e. The van der Waals surface area contributed by atoms with Crippen LogP contribution in [0.4, 0.5) is 5.69 Å². The highest BCUT2D eigenvalue weighted by Gasteiger charge is 2.30. The molecule has 0 aliphatic heterocycles. The fraction of sp³-hybridized carbons (Fsp3) is 0.263. The standard InChI is InChI=1S/C19H20IN3O/c20-18(22)15-11-14(9-10-16(15)21)19(24)23-17(13-7-4-8-13)12-5-2-1-3-6-12/h1-3,5-6,9-11,13,17,22H,4,7-8,21H2,(H,23,24). The topological polar surface area (TPSA) is 79.0 Å². The van der Waals surface area contributed by atoms with Gasteiger partial charge in [-0.05, 0) is 65.1 Å². The van der Waals surface area contributed by atoms with E-state index < -0.39 is 0 Å². The second kappa shape index (κ2) is 7.34. The van der Waals surface area contributed by atoms with E-state index in [1.165, 1.54) is 6.42 Å². The predicted molar refractivity (Wildman–Crippen MR) is 106 cm³/mol. The number of amides is 1. The summed E-state index contributed by atoms with van der Waals surface area (Å²) in [5, 5.41) is 11.0. The van der Waals surface area contributed by atoms with Crippen molar-refractivity contribution in [2.45, 2.75) is 25.3 Å². The van der Waals surface area contributed by atoms with Crippen LogP contribution < -0.4 is 11.1 Å². The first-order valence-corrected chi connectivity index (χ1v) is 9.14. The van der Waals surface area contributed by atoms with Gasteiger partial charge in [0.05, 0.1) is 6.04 Å². The van der Waals surface area contributed by atoms with Gasteiger partial charge in [-0.1, -0.05) is 36.8 Å². The van der Waals surface area contributed by atoms with E-state index in [0.29, 0.717) is 26.5 Å². The predicted octanol–water partition coefficient (Wildman–Crippen LogP) is 4.30. The van der Waals surface area contributed by atoms with E-state index in [0.717, 1.165) is 18.4 Å². The zero-order valence-corrected chi connectivity index (χ0v) is 15.4. The monoisotopic (exact) mass is 433 g/mol. The summed E-state index contributed by atoms with van der Waals surface area (Å²) >= 11 is 1.91. The molecular formula is C19H20IN3O. The summed E-state index contributed by atoms with van der Waals surface area (Å²) in [4.78, 5) is 12.7. The fourth-order valence-electron chi connectivity index (χ4n) is 3.02. The van der Waals surface area contributed by atoms with Crippen LogP contribution >= 0.6 is 22.6 Å². The van der Waals surface area contributed by atoms with Crippen molar-refractivity contribution in [2.24, 2.45) is 5.92 Å². The number of hydrogen-bond acceptors (Lipinski definition) is 3. The SMILES string of the molecule is N=C(I)c1cc(C(=O)NC(c2ccccc2)C2CCC2)ccc1N. The molecule has 0 heterocycles. The third kappa shape index (κ3) is 3.61. The minimum absolute atomic E-state index is 0.0347. The number of carbonyl (C=O) groups is 1. The van der Waals surface area contributed by atoms with Gasteiger partial charge in [0, 0.05) is 16.8 Å². The highest BCUT2D eigenvalue weighted by Crippen LogP contribution is 2.37. The molecule has 124 valence electrons. The van der Waals surface area contributed by atoms with E-state index in [1.54, 1.807) is 18.2 Å². The molecule has 5 heteroatoms. The number of rotatable bonds is 5. The first-order valence-electron chi connectivity index (χ1n) is 8.06. The Labute approximate surface area is 155 Å². The number of hydrogen-bond donors (Lipinski definition) is 3. The van der Waals surface area contributed by atoms with Crippen molar-refractivity contribution < 1.29 is 4.79 Å². The lowest BCUT2D eigenvalue weighted by Gasteiger charge is -2.34. The first kappa shape index (κ1) is 17.0. The van der Waals surface area contributed by atoms with Gasteiger partial charge < -0.3 is 11.1 Å². The molecule has 4 N–H and O–H groups in total. The zero-order valence-electron chi connectivity index (χ0n) is 13.3. The number of halogens is 1.